The molecule has 0 saturated heterocycles. The Morgan fingerprint density at radius 1 is 1.04 bits per heavy atom. The van der Waals surface area contributed by atoms with Gasteiger partial charge < -0.3 is 24.7 Å². The molecule has 0 saturated carbocycles. The quantitative estimate of drug-likeness (QED) is 0.571. The van der Waals surface area contributed by atoms with Gasteiger partial charge in [-0.15, -0.1) is 0 Å². The highest BCUT2D eigenvalue weighted by atomic mass is 16.5. The van der Waals surface area contributed by atoms with Crippen LogP contribution in [0.25, 0.3) is 0 Å². The first-order valence-corrected chi connectivity index (χ1v) is 8.18. The standard InChI is InChI=1S/C19H23N3O5/c1-5-27-14-8-6-12(7-9-14)18(23)22(19(20)21)13-10-15(24-2)17(26-4)16(11-13)25-3/h6-11H,5H2,1-4H3,(H3,20,21). The highest BCUT2D eigenvalue weighted by Gasteiger charge is 2.24. The molecule has 144 valence electrons. The Kier molecular flexibility index (Phi) is 6.48. The number of guanidine groups is 1. The summed E-state index contributed by atoms with van der Waals surface area (Å²) in [6, 6.07) is 9.70. The molecule has 2 aromatic carbocycles. The van der Waals surface area contributed by atoms with Gasteiger partial charge in [-0.3, -0.25) is 10.2 Å². The van der Waals surface area contributed by atoms with E-state index in [1.165, 1.54) is 21.3 Å². The van der Waals surface area contributed by atoms with Gasteiger partial charge in [-0.1, -0.05) is 0 Å². The fourth-order valence-electron chi connectivity index (χ4n) is 2.55. The highest BCUT2D eigenvalue weighted by molar-refractivity contribution is 6.21. The second kappa shape index (κ2) is 8.79. The molecule has 0 aliphatic rings. The van der Waals surface area contributed by atoms with Gasteiger partial charge >= 0.3 is 0 Å². The number of benzene rings is 2. The van der Waals surface area contributed by atoms with Gasteiger partial charge in [0.1, 0.15) is 5.75 Å². The molecule has 3 N–H and O–H groups in total. The molecule has 0 aromatic heterocycles. The minimum atomic E-state index is -0.472. The van der Waals surface area contributed by atoms with Crippen LogP contribution in [0, 0.1) is 5.41 Å². The van der Waals surface area contributed by atoms with E-state index in [1.54, 1.807) is 36.4 Å². The first-order chi connectivity index (χ1) is 13.0. The number of rotatable bonds is 7. The Morgan fingerprint density at radius 2 is 1.59 bits per heavy atom. The molecule has 2 aromatic rings. The maximum atomic E-state index is 13.0. The molecule has 0 aliphatic carbocycles. The lowest BCUT2D eigenvalue weighted by atomic mass is 10.1. The molecule has 8 nitrogen and oxygen atoms in total. The van der Waals surface area contributed by atoms with Crippen LogP contribution >= 0.6 is 0 Å². The predicted molar refractivity (Wildman–Crippen MR) is 102 cm³/mol. The number of methoxy groups -OCH3 is 3. The van der Waals surface area contributed by atoms with Crippen molar-refractivity contribution in [3.63, 3.8) is 0 Å². The molecule has 0 unspecified atom stereocenters. The summed E-state index contributed by atoms with van der Waals surface area (Å²) in [7, 11) is 4.41. The van der Waals surface area contributed by atoms with E-state index in [0.29, 0.717) is 40.9 Å². The molecule has 1 amide bonds. The summed E-state index contributed by atoms with van der Waals surface area (Å²) in [5.41, 5.74) is 6.35. The monoisotopic (exact) mass is 373 g/mol. The zero-order valence-corrected chi connectivity index (χ0v) is 15.7. The predicted octanol–water partition coefficient (Wildman–Crippen LogP) is 2.65. The van der Waals surface area contributed by atoms with Gasteiger partial charge in [-0.25, -0.2) is 4.90 Å². The molecular formula is C19H23N3O5. The Balaban J connectivity index is 2.48. The Bertz CT molecular complexity index is 796. The molecule has 8 heteroatoms. The van der Waals surface area contributed by atoms with Crippen LogP contribution in [0.2, 0.25) is 0 Å². The number of hydrogen-bond donors (Lipinski definition) is 2. The first kappa shape index (κ1) is 19.9. The van der Waals surface area contributed by atoms with Crippen molar-refractivity contribution in [1.82, 2.24) is 0 Å². The van der Waals surface area contributed by atoms with Crippen molar-refractivity contribution in [1.29, 1.82) is 5.41 Å². The van der Waals surface area contributed by atoms with E-state index in [-0.39, 0.29) is 0 Å². The molecule has 0 fully saturated rings. The lowest BCUT2D eigenvalue weighted by Gasteiger charge is -2.23. The van der Waals surface area contributed by atoms with Crippen LogP contribution in [0.15, 0.2) is 36.4 Å². The van der Waals surface area contributed by atoms with E-state index in [9.17, 15) is 4.79 Å². The Morgan fingerprint density at radius 3 is 2.00 bits per heavy atom. The number of ether oxygens (including phenoxy) is 4. The number of nitrogens with two attached hydrogens (primary N) is 1. The average molecular weight is 373 g/mol. The average Bonchev–Trinajstić information content (AvgIpc) is 2.67. The van der Waals surface area contributed by atoms with Crippen molar-refractivity contribution in [2.75, 3.05) is 32.8 Å². The lowest BCUT2D eigenvalue weighted by Crippen LogP contribution is -2.41. The van der Waals surface area contributed by atoms with Gasteiger partial charge in [0.2, 0.25) is 5.75 Å². The topological polar surface area (TPSA) is 107 Å². The minimum Gasteiger partial charge on any atom is -0.494 e. The van der Waals surface area contributed by atoms with Crippen LogP contribution < -0.4 is 29.6 Å². The van der Waals surface area contributed by atoms with Crippen LogP contribution in [0.4, 0.5) is 5.69 Å². The normalized spacial score (nSPS) is 10.1. The van der Waals surface area contributed by atoms with Gasteiger partial charge in [0.05, 0.1) is 33.6 Å². The third kappa shape index (κ3) is 4.22. The smallest absolute Gasteiger partial charge is 0.265 e. The Hall–Kier alpha value is -3.42. The largest absolute Gasteiger partial charge is 0.494 e. The third-order valence-corrected chi connectivity index (χ3v) is 3.76. The van der Waals surface area contributed by atoms with Crippen molar-refractivity contribution >= 4 is 17.6 Å². The summed E-state index contributed by atoms with van der Waals surface area (Å²) in [5, 5.41) is 7.88. The molecular weight excluding hydrogens is 350 g/mol. The number of anilines is 1. The fraction of sp³-hybridized carbons (Fsp3) is 0.263. The second-order valence-corrected chi connectivity index (χ2v) is 5.37. The van der Waals surface area contributed by atoms with Crippen molar-refractivity contribution in [2.24, 2.45) is 5.73 Å². The Labute approximate surface area is 157 Å². The molecule has 0 bridgehead atoms. The van der Waals surface area contributed by atoms with Gasteiger partial charge in [0, 0.05) is 17.7 Å². The summed E-state index contributed by atoms with van der Waals surface area (Å²) in [6.45, 7) is 2.40. The van der Waals surface area contributed by atoms with E-state index in [1.807, 2.05) is 6.92 Å². The summed E-state index contributed by atoms with van der Waals surface area (Å²) in [6.07, 6.45) is 0. The van der Waals surface area contributed by atoms with Gasteiger partial charge in [-0.2, -0.15) is 0 Å². The fourth-order valence-corrected chi connectivity index (χ4v) is 2.55. The zero-order valence-electron chi connectivity index (χ0n) is 15.7. The zero-order chi connectivity index (χ0) is 20.0. The molecule has 0 aliphatic heterocycles. The third-order valence-electron chi connectivity index (χ3n) is 3.76. The van der Waals surface area contributed by atoms with E-state index in [0.717, 1.165) is 4.90 Å². The maximum Gasteiger partial charge on any atom is 0.265 e. The number of hydrogen-bond acceptors (Lipinski definition) is 6. The van der Waals surface area contributed by atoms with Crippen molar-refractivity contribution in [2.45, 2.75) is 6.92 Å². The molecule has 2 rings (SSSR count). The number of carbonyl (C=O) groups excluding carboxylic acids is 1. The SMILES string of the molecule is CCOc1ccc(C(=O)N(C(=N)N)c2cc(OC)c(OC)c(OC)c2)cc1. The second-order valence-electron chi connectivity index (χ2n) is 5.37. The molecule has 0 atom stereocenters. The summed E-state index contributed by atoms with van der Waals surface area (Å²) in [5.74, 6) is 0.801. The van der Waals surface area contributed by atoms with Crippen molar-refractivity contribution in [3.05, 3.63) is 42.0 Å². The summed E-state index contributed by atoms with van der Waals surface area (Å²) < 4.78 is 21.3. The molecule has 27 heavy (non-hydrogen) atoms. The maximum absolute atomic E-state index is 13.0. The van der Waals surface area contributed by atoms with Crippen LogP contribution in [0.5, 0.6) is 23.0 Å². The number of nitrogens with one attached hydrogen (secondary N) is 1. The summed E-state index contributed by atoms with van der Waals surface area (Å²) >= 11 is 0. The van der Waals surface area contributed by atoms with E-state index in [2.05, 4.69) is 0 Å². The van der Waals surface area contributed by atoms with Gasteiger partial charge in [-0.05, 0) is 31.2 Å². The van der Waals surface area contributed by atoms with Crippen molar-refractivity contribution < 1.29 is 23.7 Å². The van der Waals surface area contributed by atoms with Crippen LogP contribution in [-0.4, -0.2) is 39.8 Å². The number of nitrogens with zero attached hydrogens (tertiary/aromatic N) is 1. The summed E-state index contributed by atoms with van der Waals surface area (Å²) in [4.78, 5) is 14.0. The highest BCUT2D eigenvalue weighted by Crippen LogP contribution is 2.41. The molecule has 0 spiro atoms. The van der Waals surface area contributed by atoms with Crippen LogP contribution in [0.1, 0.15) is 17.3 Å². The van der Waals surface area contributed by atoms with E-state index >= 15 is 0 Å². The molecule has 0 radical (unpaired) electrons. The van der Waals surface area contributed by atoms with Crippen LogP contribution in [0.3, 0.4) is 0 Å². The van der Waals surface area contributed by atoms with E-state index in [4.69, 9.17) is 30.1 Å². The van der Waals surface area contributed by atoms with Gasteiger partial charge in [0.15, 0.2) is 17.5 Å². The van der Waals surface area contributed by atoms with E-state index < -0.39 is 11.9 Å². The number of carbonyl (C=O) groups is 1. The lowest BCUT2D eigenvalue weighted by molar-refractivity contribution is 0.100. The molecule has 0 heterocycles. The minimum absolute atomic E-state index is 0.316. The first-order valence-electron chi connectivity index (χ1n) is 8.18. The van der Waals surface area contributed by atoms with Gasteiger partial charge in [0.25, 0.3) is 5.91 Å². The number of amides is 1. The van der Waals surface area contributed by atoms with Crippen molar-refractivity contribution in [3.8, 4) is 23.0 Å². The van der Waals surface area contributed by atoms with Crippen LogP contribution in [-0.2, 0) is 0 Å².